The van der Waals surface area contributed by atoms with Crippen LogP contribution < -0.4 is 5.32 Å². The van der Waals surface area contributed by atoms with E-state index in [1.54, 1.807) is 7.05 Å². The van der Waals surface area contributed by atoms with Crippen LogP contribution in [0, 0.1) is 0 Å². The van der Waals surface area contributed by atoms with E-state index in [2.05, 4.69) is 5.32 Å². The smallest absolute Gasteiger partial charge is 0.260 e. The molecule has 2 heterocycles. The lowest BCUT2D eigenvalue weighted by molar-refractivity contribution is -0.139. The lowest BCUT2D eigenvalue weighted by Gasteiger charge is -2.31. The molecule has 0 aromatic carbocycles. The number of hydrogen-bond acceptors (Lipinski definition) is 4. The Bertz CT molecular complexity index is 338. The maximum Gasteiger partial charge on any atom is 0.260 e. The first-order chi connectivity index (χ1) is 7.15. The Morgan fingerprint density at radius 1 is 1.60 bits per heavy atom. The molecule has 15 heavy (non-hydrogen) atoms. The molecule has 2 aliphatic heterocycles. The van der Waals surface area contributed by atoms with Crippen LogP contribution in [0.2, 0.25) is 0 Å². The van der Waals surface area contributed by atoms with E-state index in [9.17, 15) is 9.59 Å². The van der Waals surface area contributed by atoms with E-state index in [1.165, 1.54) is 11.9 Å². The van der Waals surface area contributed by atoms with Crippen molar-refractivity contribution in [1.82, 2.24) is 15.3 Å². The largest absolute Gasteiger partial charge is 0.308 e. The average molecular weight is 209 g/mol. The lowest BCUT2D eigenvalue weighted by atomic mass is 10.2. The molecule has 0 aromatic heterocycles. The van der Waals surface area contributed by atoms with E-state index >= 15 is 0 Å². The highest BCUT2D eigenvalue weighted by molar-refractivity contribution is 5.99. The van der Waals surface area contributed by atoms with Crippen LogP contribution in [-0.4, -0.2) is 47.9 Å². The molecule has 5 nitrogen and oxygen atoms in total. The van der Waals surface area contributed by atoms with Crippen LogP contribution in [0.4, 0.5) is 0 Å². The van der Waals surface area contributed by atoms with E-state index < -0.39 is 0 Å². The second-order valence-corrected chi connectivity index (χ2v) is 3.84. The fourth-order valence-electron chi connectivity index (χ4n) is 2.06. The summed E-state index contributed by atoms with van der Waals surface area (Å²) in [6.07, 6.45) is 2.67. The fraction of sp³-hybridized carbons (Fsp3) is 0.600. The maximum absolute atomic E-state index is 11.9. The first kappa shape index (κ1) is 10.3. The van der Waals surface area contributed by atoms with Crippen LogP contribution in [-0.2, 0) is 9.59 Å². The van der Waals surface area contributed by atoms with Crippen molar-refractivity contribution in [3.8, 4) is 0 Å². The molecule has 1 amide bonds. The first-order valence-corrected chi connectivity index (χ1v) is 5.12. The highest BCUT2D eigenvalue weighted by Crippen LogP contribution is 2.23. The highest BCUT2D eigenvalue weighted by atomic mass is 16.2. The quantitative estimate of drug-likeness (QED) is 0.667. The molecule has 1 saturated heterocycles. The van der Waals surface area contributed by atoms with Gasteiger partial charge in [-0.2, -0.15) is 0 Å². The van der Waals surface area contributed by atoms with E-state index in [0.717, 1.165) is 13.0 Å². The van der Waals surface area contributed by atoms with Crippen LogP contribution in [0.25, 0.3) is 0 Å². The highest BCUT2D eigenvalue weighted by Gasteiger charge is 2.41. The molecular formula is C10H15N3O2. The molecule has 82 valence electrons. The number of carbonyl (C=O) groups is 2. The summed E-state index contributed by atoms with van der Waals surface area (Å²) in [5.41, 5.74) is 0.518. The van der Waals surface area contributed by atoms with Gasteiger partial charge in [-0.3, -0.25) is 9.59 Å². The van der Waals surface area contributed by atoms with Gasteiger partial charge >= 0.3 is 0 Å². The summed E-state index contributed by atoms with van der Waals surface area (Å²) in [4.78, 5) is 23.3. The van der Waals surface area contributed by atoms with E-state index in [4.69, 9.17) is 0 Å². The molecule has 1 unspecified atom stereocenters. The van der Waals surface area contributed by atoms with Gasteiger partial charge in [-0.05, 0) is 13.5 Å². The number of rotatable bonds is 2. The van der Waals surface area contributed by atoms with Crippen LogP contribution in [0.3, 0.4) is 0 Å². The van der Waals surface area contributed by atoms with Crippen LogP contribution in [0.15, 0.2) is 11.8 Å². The third-order valence-corrected chi connectivity index (χ3v) is 2.85. The molecule has 0 saturated carbocycles. The molecule has 1 N–H and O–H groups in total. The van der Waals surface area contributed by atoms with Crippen molar-refractivity contribution >= 4 is 11.7 Å². The summed E-state index contributed by atoms with van der Waals surface area (Å²) in [6, 6.07) is -0.189. The van der Waals surface area contributed by atoms with Crippen molar-refractivity contribution in [2.24, 2.45) is 0 Å². The SMILES string of the molecule is CNC1CN2CCC=C(C(C)=O)N2C1=O. The molecule has 2 rings (SSSR count). The normalized spacial score (nSPS) is 26.5. The topological polar surface area (TPSA) is 52.7 Å². The zero-order valence-electron chi connectivity index (χ0n) is 8.99. The predicted octanol–water partition coefficient (Wildman–Crippen LogP) is -0.490. The number of nitrogens with zero attached hydrogens (tertiary/aromatic N) is 2. The van der Waals surface area contributed by atoms with E-state index in [0.29, 0.717) is 12.2 Å². The number of ketones is 1. The molecule has 0 aromatic rings. The standard InChI is InChI=1S/C10H15N3O2/c1-7(14)9-4-3-5-12-6-8(11-2)10(15)13(9)12/h4,8,11H,3,5-6H2,1-2H3. The van der Waals surface area contributed by atoms with E-state index in [1.807, 2.05) is 11.1 Å². The average Bonchev–Trinajstić information content (AvgIpc) is 2.55. The Hall–Kier alpha value is -1.20. The van der Waals surface area contributed by atoms with Gasteiger partial charge in [0.1, 0.15) is 6.04 Å². The molecule has 0 aliphatic carbocycles. The molecule has 5 heteroatoms. The van der Waals surface area contributed by atoms with E-state index in [-0.39, 0.29) is 17.7 Å². The van der Waals surface area contributed by atoms with Crippen LogP contribution >= 0.6 is 0 Å². The number of likely N-dealkylation sites (N-methyl/N-ethyl adjacent to an activating group) is 1. The Labute approximate surface area is 88.7 Å². The zero-order valence-corrected chi connectivity index (χ0v) is 8.99. The summed E-state index contributed by atoms with van der Waals surface area (Å²) in [6.45, 7) is 2.95. The minimum atomic E-state index is -0.189. The monoisotopic (exact) mass is 209 g/mol. The number of hydrogen-bond donors (Lipinski definition) is 1. The number of hydrazine groups is 1. The predicted molar refractivity (Wildman–Crippen MR) is 54.6 cm³/mol. The molecule has 2 aliphatic rings. The molecule has 0 radical (unpaired) electrons. The lowest BCUT2D eigenvalue weighted by Crippen LogP contribution is -2.43. The number of allylic oxidation sites excluding steroid dienone is 1. The van der Waals surface area contributed by atoms with Crippen molar-refractivity contribution in [2.75, 3.05) is 20.1 Å². The summed E-state index contributed by atoms with van der Waals surface area (Å²) in [5.74, 6) is -0.0801. The second kappa shape index (κ2) is 3.75. The summed E-state index contributed by atoms with van der Waals surface area (Å²) in [5, 5.41) is 6.41. The van der Waals surface area contributed by atoms with Crippen molar-refractivity contribution < 1.29 is 9.59 Å². The Morgan fingerprint density at radius 3 is 2.93 bits per heavy atom. The van der Waals surface area contributed by atoms with Gasteiger partial charge < -0.3 is 5.32 Å². The Kier molecular flexibility index (Phi) is 2.58. The van der Waals surface area contributed by atoms with Gasteiger partial charge in [-0.15, -0.1) is 0 Å². The summed E-state index contributed by atoms with van der Waals surface area (Å²) in [7, 11) is 1.76. The Balaban J connectivity index is 2.28. The van der Waals surface area contributed by atoms with Gasteiger partial charge in [0.05, 0.1) is 5.70 Å². The minimum Gasteiger partial charge on any atom is -0.308 e. The fourth-order valence-corrected chi connectivity index (χ4v) is 2.06. The molecule has 0 bridgehead atoms. The van der Waals surface area contributed by atoms with Gasteiger partial charge in [0.15, 0.2) is 5.78 Å². The van der Waals surface area contributed by atoms with Gasteiger partial charge in [0.25, 0.3) is 5.91 Å². The van der Waals surface area contributed by atoms with Gasteiger partial charge in [0.2, 0.25) is 0 Å². The first-order valence-electron chi connectivity index (χ1n) is 5.12. The molecular weight excluding hydrogens is 194 g/mol. The number of nitrogens with one attached hydrogen (secondary N) is 1. The number of carbonyl (C=O) groups excluding carboxylic acids is 2. The van der Waals surface area contributed by atoms with Gasteiger partial charge in [0, 0.05) is 20.0 Å². The summed E-state index contributed by atoms with van der Waals surface area (Å²) < 4.78 is 0. The van der Waals surface area contributed by atoms with Crippen molar-refractivity contribution in [3.05, 3.63) is 11.8 Å². The number of fused-ring (bicyclic) bond motifs is 1. The third kappa shape index (κ3) is 1.57. The number of Topliss-reactive ketones (excluding diaryl/α,β-unsaturated/α-hetero) is 1. The van der Waals surface area contributed by atoms with Crippen LogP contribution in [0.1, 0.15) is 13.3 Å². The number of amides is 1. The van der Waals surface area contributed by atoms with Crippen LogP contribution in [0.5, 0.6) is 0 Å². The van der Waals surface area contributed by atoms with Crippen molar-refractivity contribution in [1.29, 1.82) is 0 Å². The molecule has 1 fully saturated rings. The van der Waals surface area contributed by atoms with Crippen molar-refractivity contribution in [3.63, 3.8) is 0 Å². The molecule has 0 spiro atoms. The Morgan fingerprint density at radius 2 is 2.33 bits per heavy atom. The minimum absolute atomic E-state index is 0.0290. The molecule has 1 atom stereocenters. The second-order valence-electron chi connectivity index (χ2n) is 3.84. The van der Waals surface area contributed by atoms with Gasteiger partial charge in [-0.1, -0.05) is 6.08 Å². The maximum atomic E-state index is 11.9. The van der Waals surface area contributed by atoms with Gasteiger partial charge in [-0.25, -0.2) is 10.0 Å². The third-order valence-electron chi connectivity index (χ3n) is 2.85. The summed E-state index contributed by atoms with van der Waals surface area (Å²) >= 11 is 0. The zero-order chi connectivity index (χ0) is 11.0. The van der Waals surface area contributed by atoms with Crippen molar-refractivity contribution in [2.45, 2.75) is 19.4 Å².